The molecule has 1 saturated heterocycles. The van der Waals surface area contributed by atoms with Crippen molar-refractivity contribution in [2.24, 2.45) is 0 Å². The van der Waals surface area contributed by atoms with Crippen molar-refractivity contribution in [3.63, 3.8) is 0 Å². The fraction of sp³-hybridized carbons (Fsp3) is 0.556. The molecule has 4 nitrogen and oxygen atoms in total. The van der Waals surface area contributed by atoms with Gasteiger partial charge in [-0.05, 0) is 35.2 Å². The first-order valence-corrected chi connectivity index (χ1v) is 5.56. The summed E-state index contributed by atoms with van der Waals surface area (Å²) in [5.41, 5.74) is -0.159. The number of H-pyrrole nitrogens is 1. The van der Waals surface area contributed by atoms with E-state index in [1.807, 2.05) is 0 Å². The number of rotatable bonds is 1. The number of nitrogens with one attached hydrogen (secondary N) is 1. The van der Waals surface area contributed by atoms with Crippen LogP contribution < -0.4 is 10.5 Å². The number of nitrogens with zero attached hydrogens (tertiary/aromatic N) is 2. The first kappa shape index (κ1) is 9.71. The number of aromatic amines is 1. The molecule has 76 valence electrons. The highest BCUT2D eigenvalue weighted by Gasteiger charge is 2.12. The van der Waals surface area contributed by atoms with E-state index in [4.69, 9.17) is 0 Å². The van der Waals surface area contributed by atoms with Crippen LogP contribution in [0.1, 0.15) is 19.3 Å². The van der Waals surface area contributed by atoms with Gasteiger partial charge in [-0.25, -0.2) is 4.98 Å². The Morgan fingerprint density at radius 2 is 2.07 bits per heavy atom. The summed E-state index contributed by atoms with van der Waals surface area (Å²) in [4.78, 5) is 20.3. The number of aromatic nitrogens is 2. The third-order valence-corrected chi connectivity index (χ3v) is 2.99. The van der Waals surface area contributed by atoms with Gasteiger partial charge in [0.05, 0.1) is 6.20 Å². The number of anilines is 1. The SMILES string of the molecule is O=c1[nH]c(N2CCCCC2)cnc1Br. The Morgan fingerprint density at radius 1 is 1.36 bits per heavy atom. The van der Waals surface area contributed by atoms with Crippen molar-refractivity contribution in [1.29, 1.82) is 0 Å². The summed E-state index contributed by atoms with van der Waals surface area (Å²) in [7, 11) is 0. The van der Waals surface area contributed by atoms with Gasteiger partial charge in [-0.15, -0.1) is 0 Å². The second-order valence-corrected chi connectivity index (χ2v) is 4.19. The predicted octanol–water partition coefficient (Wildman–Crippen LogP) is 1.52. The molecule has 0 atom stereocenters. The molecule has 1 N–H and O–H groups in total. The van der Waals surface area contributed by atoms with E-state index in [-0.39, 0.29) is 5.56 Å². The Balaban J connectivity index is 2.23. The van der Waals surface area contributed by atoms with E-state index in [0.717, 1.165) is 18.9 Å². The van der Waals surface area contributed by atoms with Crippen LogP contribution in [0.2, 0.25) is 0 Å². The molecule has 0 aliphatic carbocycles. The average Bonchev–Trinajstić information content (AvgIpc) is 2.23. The minimum absolute atomic E-state index is 0.159. The monoisotopic (exact) mass is 257 g/mol. The van der Waals surface area contributed by atoms with Crippen LogP contribution in [0.25, 0.3) is 0 Å². The van der Waals surface area contributed by atoms with Gasteiger partial charge < -0.3 is 9.88 Å². The van der Waals surface area contributed by atoms with E-state index < -0.39 is 0 Å². The summed E-state index contributed by atoms with van der Waals surface area (Å²) in [6.07, 6.45) is 5.37. The van der Waals surface area contributed by atoms with Gasteiger partial charge in [0.1, 0.15) is 5.82 Å². The Kier molecular flexibility index (Phi) is 2.86. The standard InChI is InChI=1S/C9H12BrN3O/c10-8-9(14)12-7(6-11-8)13-4-2-1-3-5-13/h6H,1-5H2,(H,12,14). The van der Waals surface area contributed by atoms with E-state index in [9.17, 15) is 4.79 Å². The zero-order chi connectivity index (χ0) is 9.97. The van der Waals surface area contributed by atoms with Crippen molar-refractivity contribution in [3.05, 3.63) is 21.2 Å². The zero-order valence-corrected chi connectivity index (χ0v) is 9.38. The van der Waals surface area contributed by atoms with E-state index in [0.29, 0.717) is 4.60 Å². The Labute approximate surface area is 90.5 Å². The Morgan fingerprint density at radius 3 is 2.71 bits per heavy atom. The quantitative estimate of drug-likeness (QED) is 0.830. The van der Waals surface area contributed by atoms with E-state index >= 15 is 0 Å². The molecular formula is C9H12BrN3O. The lowest BCUT2D eigenvalue weighted by Gasteiger charge is -2.27. The third kappa shape index (κ3) is 1.97. The minimum Gasteiger partial charge on any atom is -0.357 e. The molecule has 1 aromatic rings. The maximum absolute atomic E-state index is 11.3. The predicted molar refractivity (Wildman–Crippen MR) is 58.6 cm³/mol. The van der Waals surface area contributed by atoms with E-state index in [1.54, 1.807) is 6.20 Å². The molecule has 1 aliphatic rings. The molecule has 14 heavy (non-hydrogen) atoms. The molecule has 0 unspecified atom stereocenters. The van der Waals surface area contributed by atoms with E-state index in [2.05, 4.69) is 30.8 Å². The molecule has 1 fully saturated rings. The van der Waals surface area contributed by atoms with Crippen LogP contribution in [0.3, 0.4) is 0 Å². The molecule has 5 heteroatoms. The van der Waals surface area contributed by atoms with Crippen molar-refractivity contribution in [2.75, 3.05) is 18.0 Å². The summed E-state index contributed by atoms with van der Waals surface area (Å²) in [5, 5.41) is 0. The maximum atomic E-state index is 11.3. The largest absolute Gasteiger partial charge is 0.357 e. The highest BCUT2D eigenvalue weighted by Crippen LogP contribution is 2.15. The third-order valence-electron chi connectivity index (χ3n) is 2.43. The second kappa shape index (κ2) is 4.13. The van der Waals surface area contributed by atoms with Gasteiger partial charge in [-0.1, -0.05) is 0 Å². The molecule has 0 bridgehead atoms. The highest BCUT2D eigenvalue weighted by molar-refractivity contribution is 9.10. The van der Waals surface area contributed by atoms with E-state index in [1.165, 1.54) is 19.3 Å². The van der Waals surface area contributed by atoms with Crippen molar-refractivity contribution < 1.29 is 0 Å². The Bertz CT molecular complexity index is 371. The molecule has 1 aliphatic heterocycles. The molecule has 0 aromatic carbocycles. The first-order chi connectivity index (χ1) is 6.77. The fourth-order valence-electron chi connectivity index (χ4n) is 1.67. The number of piperidine rings is 1. The molecule has 0 radical (unpaired) electrons. The average molecular weight is 258 g/mol. The molecule has 2 rings (SSSR count). The zero-order valence-electron chi connectivity index (χ0n) is 7.79. The molecule has 0 spiro atoms. The maximum Gasteiger partial charge on any atom is 0.282 e. The summed E-state index contributed by atoms with van der Waals surface area (Å²) in [6.45, 7) is 2.03. The first-order valence-electron chi connectivity index (χ1n) is 4.77. The summed E-state index contributed by atoms with van der Waals surface area (Å²) >= 11 is 3.08. The summed E-state index contributed by atoms with van der Waals surface area (Å²) in [6, 6.07) is 0. The number of halogens is 1. The lowest BCUT2D eigenvalue weighted by Crippen LogP contribution is -2.31. The van der Waals surface area contributed by atoms with Gasteiger partial charge in [0.15, 0.2) is 4.60 Å². The van der Waals surface area contributed by atoms with Crippen molar-refractivity contribution in [3.8, 4) is 0 Å². The molecule has 1 aromatic heterocycles. The van der Waals surface area contributed by atoms with Gasteiger partial charge in [0, 0.05) is 13.1 Å². The molecule has 2 heterocycles. The van der Waals surface area contributed by atoms with Crippen LogP contribution in [-0.2, 0) is 0 Å². The lowest BCUT2D eigenvalue weighted by atomic mass is 10.1. The second-order valence-electron chi connectivity index (χ2n) is 3.44. The normalized spacial score (nSPS) is 17.1. The highest BCUT2D eigenvalue weighted by atomic mass is 79.9. The fourth-order valence-corrected chi connectivity index (χ4v) is 1.87. The summed E-state index contributed by atoms with van der Waals surface area (Å²) in [5.74, 6) is 0.831. The van der Waals surface area contributed by atoms with Gasteiger partial charge in [0.2, 0.25) is 0 Å². The van der Waals surface area contributed by atoms with Crippen LogP contribution in [0.4, 0.5) is 5.82 Å². The van der Waals surface area contributed by atoms with Crippen molar-refractivity contribution in [2.45, 2.75) is 19.3 Å². The van der Waals surface area contributed by atoms with Gasteiger partial charge in [-0.3, -0.25) is 4.79 Å². The van der Waals surface area contributed by atoms with Crippen LogP contribution in [0, 0.1) is 0 Å². The molecular weight excluding hydrogens is 246 g/mol. The smallest absolute Gasteiger partial charge is 0.282 e. The van der Waals surface area contributed by atoms with Crippen LogP contribution >= 0.6 is 15.9 Å². The Hall–Kier alpha value is -0.840. The lowest BCUT2D eigenvalue weighted by molar-refractivity contribution is 0.572. The van der Waals surface area contributed by atoms with Crippen molar-refractivity contribution >= 4 is 21.7 Å². The van der Waals surface area contributed by atoms with Crippen LogP contribution in [0.15, 0.2) is 15.6 Å². The van der Waals surface area contributed by atoms with Crippen molar-refractivity contribution in [1.82, 2.24) is 9.97 Å². The number of hydrogen-bond acceptors (Lipinski definition) is 3. The minimum atomic E-state index is -0.159. The van der Waals surface area contributed by atoms with Gasteiger partial charge in [-0.2, -0.15) is 0 Å². The van der Waals surface area contributed by atoms with Crippen LogP contribution in [-0.4, -0.2) is 23.1 Å². The van der Waals surface area contributed by atoms with Crippen LogP contribution in [0.5, 0.6) is 0 Å². The molecule has 0 amide bonds. The molecule has 0 saturated carbocycles. The summed E-state index contributed by atoms with van der Waals surface area (Å²) < 4.78 is 0.346. The topological polar surface area (TPSA) is 49.0 Å². The van der Waals surface area contributed by atoms with Gasteiger partial charge >= 0.3 is 0 Å². The van der Waals surface area contributed by atoms with Gasteiger partial charge in [0.25, 0.3) is 5.56 Å². The number of hydrogen-bond donors (Lipinski definition) is 1.